The molecule has 2 aromatic rings. The smallest absolute Gasteiger partial charge is 0.0595 e. The van der Waals surface area contributed by atoms with Crippen molar-refractivity contribution in [3.63, 3.8) is 0 Å². The lowest BCUT2D eigenvalue weighted by atomic mass is 10.0. The molecule has 0 amide bonds. The van der Waals surface area contributed by atoms with E-state index in [-0.39, 0.29) is 0 Å². The number of hydrogen-bond donors (Lipinski definition) is 1. The van der Waals surface area contributed by atoms with Crippen molar-refractivity contribution in [3.8, 4) is 0 Å². The highest BCUT2D eigenvalue weighted by molar-refractivity contribution is 14.1. The molecule has 1 aromatic carbocycles. The molecule has 0 aliphatic heterocycles. The summed E-state index contributed by atoms with van der Waals surface area (Å²) in [5, 5.41) is 8.01. The first-order chi connectivity index (χ1) is 8.33. The lowest BCUT2D eigenvalue weighted by Gasteiger charge is -2.19. The molecular formula is C14H16INS. The second kappa shape index (κ2) is 6.52. The van der Waals surface area contributed by atoms with Crippen LogP contribution in [0.2, 0.25) is 0 Å². The van der Waals surface area contributed by atoms with Crippen LogP contribution >= 0.6 is 33.9 Å². The summed E-state index contributed by atoms with van der Waals surface area (Å²) in [5.74, 6) is 0. The number of nitrogens with one attached hydrogen (secondary N) is 1. The quantitative estimate of drug-likeness (QED) is 0.780. The van der Waals surface area contributed by atoms with Gasteiger partial charge in [0, 0.05) is 3.57 Å². The van der Waals surface area contributed by atoms with Gasteiger partial charge in [0.1, 0.15) is 0 Å². The minimum Gasteiger partial charge on any atom is -0.306 e. The number of halogens is 1. The van der Waals surface area contributed by atoms with E-state index < -0.39 is 0 Å². The molecule has 0 radical (unpaired) electrons. The molecule has 1 N–H and O–H groups in total. The lowest BCUT2D eigenvalue weighted by molar-refractivity contribution is 0.598. The molecule has 0 fully saturated rings. The van der Waals surface area contributed by atoms with Gasteiger partial charge < -0.3 is 5.32 Å². The minimum absolute atomic E-state index is 0.328. The molecular weight excluding hydrogens is 341 g/mol. The third-order valence-corrected chi connectivity index (χ3v) is 4.38. The van der Waals surface area contributed by atoms with Crippen LogP contribution in [-0.2, 0) is 0 Å². The summed E-state index contributed by atoms with van der Waals surface area (Å²) >= 11 is 4.18. The zero-order chi connectivity index (χ0) is 12.1. The van der Waals surface area contributed by atoms with Gasteiger partial charge in [-0.15, -0.1) is 0 Å². The molecule has 0 saturated carbocycles. The molecule has 0 spiro atoms. The molecule has 1 unspecified atom stereocenters. The van der Waals surface area contributed by atoms with Gasteiger partial charge in [0.05, 0.1) is 6.04 Å². The van der Waals surface area contributed by atoms with E-state index in [4.69, 9.17) is 0 Å². The predicted octanol–water partition coefficient (Wildman–Crippen LogP) is 4.44. The fourth-order valence-electron chi connectivity index (χ4n) is 1.84. The van der Waals surface area contributed by atoms with Gasteiger partial charge in [-0.25, -0.2) is 0 Å². The van der Waals surface area contributed by atoms with Crippen molar-refractivity contribution < 1.29 is 0 Å². The van der Waals surface area contributed by atoms with Crippen LogP contribution in [0.1, 0.15) is 30.5 Å². The average molecular weight is 357 g/mol. The molecule has 17 heavy (non-hydrogen) atoms. The average Bonchev–Trinajstić information content (AvgIpc) is 2.85. The fourth-order valence-corrected chi connectivity index (χ4v) is 3.23. The van der Waals surface area contributed by atoms with Crippen LogP contribution in [0.25, 0.3) is 0 Å². The zero-order valence-corrected chi connectivity index (χ0v) is 12.8. The van der Waals surface area contributed by atoms with Crippen LogP contribution in [0, 0.1) is 3.57 Å². The van der Waals surface area contributed by atoms with Gasteiger partial charge in [-0.05, 0) is 69.6 Å². The largest absolute Gasteiger partial charge is 0.306 e. The summed E-state index contributed by atoms with van der Waals surface area (Å²) < 4.78 is 1.32. The van der Waals surface area contributed by atoms with Gasteiger partial charge in [0.2, 0.25) is 0 Å². The maximum Gasteiger partial charge on any atom is 0.0595 e. The van der Waals surface area contributed by atoms with Crippen molar-refractivity contribution >= 4 is 33.9 Å². The van der Waals surface area contributed by atoms with Crippen molar-refractivity contribution in [1.82, 2.24) is 5.32 Å². The van der Waals surface area contributed by atoms with Gasteiger partial charge in [-0.2, -0.15) is 11.3 Å². The second-order valence-electron chi connectivity index (χ2n) is 3.97. The highest BCUT2D eigenvalue weighted by atomic mass is 127. The van der Waals surface area contributed by atoms with Crippen LogP contribution in [0.5, 0.6) is 0 Å². The van der Waals surface area contributed by atoms with Gasteiger partial charge in [-0.3, -0.25) is 0 Å². The molecule has 1 atom stereocenters. The summed E-state index contributed by atoms with van der Waals surface area (Å²) in [6.07, 6.45) is 1.16. The van der Waals surface area contributed by atoms with Gasteiger partial charge in [0.25, 0.3) is 0 Å². The van der Waals surface area contributed by atoms with Crippen molar-refractivity contribution in [2.75, 3.05) is 6.54 Å². The molecule has 1 aromatic heterocycles. The van der Waals surface area contributed by atoms with E-state index in [2.05, 4.69) is 75.9 Å². The van der Waals surface area contributed by atoms with Gasteiger partial charge in [-0.1, -0.05) is 25.1 Å². The Morgan fingerprint density at radius 3 is 2.76 bits per heavy atom. The Bertz CT molecular complexity index is 453. The number of hydrogen-bond acceptors (Lipinski definition) is 2. The third kappa shape index (κ3) is 3.30. The molecule has 0 aliphatic carbocycles. The Labute approximate surface area is 120 Å². The SMILES string of the molecule is CCCNC(c1ccsc1)c1ccccc1I. The molecule has 2 rings (SSSR count). The topological polar surface area (TPSA) is 12.0 Å². The first kappa shape index (κ1) is 13.1. The van der Waals surface area contributed by atoms with E-state index in [1.54, 1.807) is 11.3 Å². The Kier molecular flexibility index (Phi) is 5.00. The van der Waals surface area contributed by atoms with Crippen LogP contribution in [0.3, 0.4) is 0 Å². The summed E-state index contributed by atoms with van der Waals surface area (Å²) in [5.41, 5.74) is 2.74. The number of benzene rings is 1. The Hall–Kier alpha value is -0.390. The maximum absolute atomic E-state index is 3.63. The number of thiophene rings is 1. The second-order valence-corrected chi connectivity index (χ2v) is 5.91. The molecule has 3 heteroatoms. The van der Waals surface area contributed by atoms with E-state index in [0.717, 1.165) is 13.0 Å². The maximum atomic E-state index is 3.63. The van der Waals surface area contributed by atoms with Crippen LogP contribution in [0.15, 0.2) is 41.1 Å². The third-order valence-electron chi connectivity index (χ3n) is 2.69. The van der Waals surface area contributed by atoms with E-state index in [0.29, 0.717) is 6.04 Å². The van der Waals surface area contributed by atoms with Crippen LogP contribution < -0.4 is 5.32 Å². The molecule has 0 bridgehead atoms. The van der Waals surface area contributed by atoms with E-state index in [9.17, 15) is 0 Å². The van der Waals surface area contributed by atoms with Crippen LogP contribution in [0.4, 0.5) is 0 Å². The van der Waals surface area contributed by atoms with E-state index in [1.165, 1.54) is 14.7 Å². The van der Waals surface area contributed by atoms with Crippen molar-refractivity contribution in [3.05, 3.63) is 55.8 Å². The molecule has 90 valence electrons. The molecule has 0 saturated heterocycles. The van der Waals surface area contributed by atoms with E-state index >= 15 is 0 Å². The van der Waals surface area contributed by atoms with Gasteiger partial charge in [0.15, 0.2) is 0 Å². The summed E-state index contributed by atoms with van der Waals surface area (Å²) in [6.45, 7) is 3.25. The minimum atomic E-state index is 0.328. The monoisotopic (exact) mass is 357 g/mol. The summed E-state index contributed by atoms with van der Waals surface area (Å²) in [4.78, 5) is 0. The molecule has 1 nitrogen and oxygen atoms in total. The van der Waals surface area contributed by atoms with E-state index in [1.807, 2.05) is 0 Å². The first-order valence-corrected chi connectivity index (χ1v) is 7.85. The standard InChI is InChI=1S/C14H16INS/c1-2-8-16-14(11-7-9-17-10-11)12-5-3-4-6-13(12)15/h3-7,9-10,14,16H,2,8H2,1H3. The fraction of sp³-hybridized carbons (Fsp3) is 0.286. The molecule has 1 heterocycles. The predicted molar refractivity (Wildman–Crippen MR) is 83.6 cm³/mol. The van der Waals surface area contributed by atoms with Crippen molar-refractivity contribution in [1.29, 1.82) is 0 Å². The van der Waals surface area contributed by atoms with Gasteiger partial charge >= 0.3 is 0 Å². The first-order valence-electron chi connectivity index (χ1n) is 5.83. The van der Waals surface area contributed by atoms with Crippen molar-refractivity contribution in [2.24, 2.45) is 0 Å². The highest BCUT2D eigenvalue weighted by Crippen LogP contribution is 2.27. The zero-order valence-electron chi connectivity index (χ0n) is 9.82. The molecule has 0 aliphatic rings. The summed E-state index contributed by atoms with van der Waals surface area (Å²) in [7, 11) is 0. The Morgan fingerprint density at radius 1 is 1.29 bits per heavy atom. The van der Waals surface area contributed by atoms with Crippen LogP contribution in [-0.4, -0.2) is 6.54 Å². The Balaban J connectivity index is 2.30. The Morgan fingerprint density at radius 2 is 2.12 bits per heavy atom. The highest BCUT2D eigenvalue weighted by Gasteiger charge is 2.15. The lowest BCUT2D eigenvalue weighted by Crippen LogP contribution is -2.23. The normalized spacial score (nSPS) is 12.6. The number of rotatable bonds is 5. The van der Waals surface area contributed by atoms with Crippen molar-refractivity contribution in [2.45, 2.75) is 19.4 Å². The summed E-state index contributed by atoms with van der Waals surface area (Å²) in [6, 6.07) is 11.1.